The average Bonchev–Trinajstić information content (AvgIpc) is 3.89. The van der Waals surface area contributed by atoms with Crippen LogP contribution in [0.25, 0.3) is 16.6 Å². The number of H-pyrrole nitrogens is 1. The lowest BCUT2D eigenvalue weighted by Gasteiger charge is -2.39. The summed E-state index contributed by atoms with van der Waals surface area (Å²) in [6.07, 6.45) is 8.42. The lowest BCUT2D eigenvalue weighted by Crippen LogP contribution is -2.47. The number of nitrogens with zero attached hydrogens (tertiary/aromatic N) is 3. The molecule has 2 aromatic heterocycles. The van der Waals surface area contributed by atoms with Crippen molar-refractivity contribution in [2.45, 2.75) is 63.6 Å². The van der Waals surface area contributed by atoms with Gasteiger partial charge in [-0.3, -0.25) is 9.69 Å². The van der Waals surface area contributed by atoms with Gasteiger partial charge >= 0.3 is 0 Å². The molecule has 56 heavy (non-hydrogen) atoms. The lowest BCUT2D eigenvalue weighted by molar-refractivity contribution is 0.0977. The molecule has 1 aliphatic heterocycles. The number of fused-ring (bicyclic) bond motifs is 1. The number of piperazine rings is 1. The minimum Gasteiger partial charge on any atom is -0.454 e. The number of halogens is 2. The van der Waals surface area contributed by atoms with E-state index in [9.17, 15) is 17.6 Å². The second-order valence-electron chi connectivity index (χ2n) is 15.8. The van der Waals surface area contributed by atoms with Gasteiger partial charge in [0.25, 0.3) is 15.9 Å². The van der Waals surface area contributed by atoms with E-state index in [1.54, 1.807) is 24.4 Å². The number of amides is 1. The van der Waals surface area contributed by atoms with E-state index in [0.29, 0.717) is 11.4 Å². The maximum Gasteiger partial charge on any atom is 0.268 e. The van der Waals surface area contributed by atoms with Gasteiger partial charge in [0.1, 0.15) is 27.9 Å². The van der Waals surface area contributed by atoms with Crippen LogP contribution >= 0.6 is 11.6 Å². The van der Waals surface area contributed by atoms with Crippen molar-refractivity contribution < 1.29 is 27.1 Å². The van der Waals surface area contributed by atoms with Gasteiger partial charge in [-0.15, -0.1) is 0 Å². The fourth-order valence-electron chi connectivity index (χ4n) is 7.50. The maximum absolute atomic E-state index is 14.5. The number of anilines is 1. The van der Waals surface area contributed by atoms with E-state index in [-0.39, 0.29) is 39.9 Å². The highest BCUT2D eigenvalue weighted by molar-refractivity contribution is 7.90. The third-order valence-electron chi connectivity index (χ3n) is 10.9. The van der Waals surface area contributed by atoms with Crippen LogP contribution in [0.4, 0.5) is 10.1 Å². The van der Waals surface area contributed by atoms with Gasteiger partial charge in [0.15, 0.2) is 0 Å². The number of ether oxygens (including phenoxy) is 2. The molecule has 0 radical (unpaired) electrons. The Balaban J connectivity index is 1.02. The summed E-state index contributed by atoms with van der Waals surface area (Å²) in [6.45, 7) is 8.67. The second-order valence-corrected chi connectivity index (χ2v) is 17.9. The number of allylic oxidation sites excluding steroid dienone is 1. The standard InChI is InChI=1S/C43H45ClFN5O5S/c1-43(2)15-13-31(37(24-43)28-3-6-33(44)7-4-28)26-49-17-19-50(20-18-49)34-8-12-40(39(23-34)55-36-22-29-14-16-46-41(29)47-25-36)56(52,53)48-42(51)30-5-11-38(45)32(21-30)27-54-35-9-10-35/h3-8,11-12,14,16,21-23,25,35H,9-10,13,15,17-20,24,26-27H2,1-2H3,(H,46,47)(H,48,51). The summed E-state index contributed by atoms with van der Waals surface area (Å²) in [6, 6.07) is 20.4. The van der Waals surface area contributed by atoms with Crippen molar-refractivity contribution >= 4 is 49.8 Å². The Kier molecular flexibility index (Phi) is 10.7. The van der Waals surface area contributed by atoms with Gasteiger partial charge in [-0.1, -0.05) is 43.2 Å². The number of pyridine rings is 1. The summed E-state index contributed by atoms with van der Waals surface area (Å²) in [7, 11) is -4.46. The number of carbonyl (C=O) groups excluding carboxylic acids is 1. The first-order valence-electron chi connectivity index (χ1n) is 19.1. The van der Waals surface area contributed by atoms with Crippen LogP contribution in [0.15, 0.2) is 95.7 Å². The first-order valence-corrected chi connectivity index (χ1v) is 20.9. The van der Waals surface area contributed by atoms with E-state index in [1.165, 1.54) is 41.1 Å². The highest BCUT2D eigenvalue weighted by atomic mass is 35.5. The monoisotopic (exact) mass is 797 g/mol. The van der Waals surface area contributed by atoms with E-state index in [2.05, 4.69) is 50.5 Å². The van der Waals surface area contributed by atoms with Crippen LogP contribution in [0.2, 0.25) is 5.02 Å². The molecule has 3 heterocycles. The van der Waals surface area contributed by atoms with E-state index in [4.69, 9.17) is 21.1 Å². The third-order valence-corrected chi connectivity index (χ3v) is 12.5. The van der Waals surface area contributed by atoms with Gasteiger partial charge in [0.2, 0.25) is 0 Å². The van der Waals surface area contributed by atoms with Crippen LogP contribution < -0.4 is 14.4 Å². The normalized spacial score (nSPS) is 17.7. The van der Waals surface area contributed by atoms with E-state index in [0.717, 1.165) is 87.0 Å². The van der Waals surface area contributed by atoms with Crippen molar-refractivity contribution in [2.24, 2.45) is 5.41 Å². The Labute approximate surface area is 331 Å². The topological polar surface area (TPSA) is 117 Å². The molecule has 2 fully saturated rings. The minimum atomic E-state index is -4.46. The molecule has 5 aromatic rings. The average molecular weight is 798 g/mol. The molecule has 1 saturated heterocycles. The Morgan fingerprint density at radius 2 is 1.80 bits per heavy atom. The van der Waals surface area contributed by atoms with Crippen LogP contribution in [0.1, 0.15) is 67.4 Å². The fourth-order valence-corrected chi connectivity index (χ4v) is 8.71. The van der Waals surface area contributed by atoms with Crippen molar-refractivity contribution in [3.05, 3.63) is 118 Å². The zero-order chi connectivity index (χ0) is 39.0. The molecule has 13 heteroatoms. The minimum absolute atomic E-state index is 0.00173. The second kappa shape index (κ2) is 15.7. The number of aromatic amines is 1. The molecule has 0 bridgehead atoms. The van der Waals surface area contributed by atoms with Gasteiger partial charge in [-0.2, -0.15) is 0 Å². The molecule has 1 amide bonds. The Hall–Kier alpha value is -4.75. The molecule has 2 N–H and O–H groups in total. The molecule has 2 aliphatic carbocycles. The van der Waals surface area contributed by atoms with Crippen LogP contribution in [0.5, 0.6) is 11.5 Å². The molecular formula is C43H45ClFN5O5S. The lowest BCUT2D eigenvalue weighted by atomic mass is 9.72. The molecule has 292 valence electrons. The highest BCUT2D eigenvalue weighted by Crippen LogP contribution is 2.43. The summed E-state index contributed by atoms with van der Waals surface area (Å²) in [5, 5.41) is 1.53. The van der Waals surface area contributed by atoms with Gasteiger partial charge in [-0.05, 0) is 103 Å². The smallest absolute Gasteiger partial charge is 0.268 e. The summed E-state index contributed by atoms with van der Waals surface area (Å²) < 4.78 is 56.4. The molecule has 3 aliphatic rings. The van der Waals surface area contributed by atoms with Gasteiger partial charge < -0.3 is 19.4 Å². The summed E-state index contributed by atoms with van der Waals surface area (Å²) in [5.41, 5.74) is 6.00. The van der Waals surface area contributed by atoms with E-state index in [1.807, 2.05) is 18.2 Å². The number of aromatic nitrogens is 2. The third kappa shape index (κ3) is 8.78. The maximum atomic E-state index is 14.5. The number of rotatable bonds is 12. The Bertz CT molecular complexity index is 2400. The SMILES string of the molecule is CC1(C)CCC(CN2CCN(c3ccc(S(=O)(=O)NC(=O)c4ccc(F)c(COC5CC5)c4)c(Oc4cnc5[nH]ccc5c4)c3)CC2)=C(c2ccc(Cl)cc2)C1. The first-order chi connectivity index (χ1) is 26.9. The van der Waals surface area contributed by atoms with Crippen molar-refractivity contribution in [1.82, 2.24) is 19.6 Å². The Morgan fingerprint density at radius 3 is 2.57 bits per heavy atom. The number of hydrogen-bond donors (Lipinski definition) is 2. The van der Waals surface area contributed by atoms with Crippen LogP contribution in [-0.4, -0.2) is 68.0 Å². The van der Waals surface area contributed by atoms with Gasteiger partial charge in [-0.25, -0.2) is 22.5 Å². The summed E-state index contributed by atoms with van der Waals surface area (Å²) in [4.78, 5) is 25.3. The summed E-state index contributed by atoms with van der Waals surface area (Å²) in [5.74, 6) is -1.04. The van der Waals surface area contributed by atoms with E-state index >= 15 is 0 Å². The first kappa shape index (κ1) is 38.1. The van der Waals surface area contributed by atoms with Crippen molar-refractivity contribution in [1.29, 1.82) is 0 Å². The molecule has 3 aromatic carbocycles. The molecule has 10 nitrogen and oxygen atoms in total. The van der Waals surface area contributed by atoms with Crippen LogP contribution in [0.3, 0.4) is 0 Å². The van der Waals surface area contributed by atoms with Crippen LogP contribution in [-0.2, 0) is 21.4 Å². The molecule has 1 saturated carbocycles. The van der Waals surface area contributed by atoms with Crippen molar-refractivity contribution in [3.8, 4) is 11.5 Å². The van der Waals surface area contributed by atoms with E-state index < -0.39 is 21.7 Å². The summed E-state index contributed by atoms with van der Waals surface area (Å²) >= 11 is 6.23. The molecule has 8 rings (SSSR count). The largest absolute Gasteiger partial charge is 0.454 e. The highest BCUT2D eigenvalue weighted by Gasteiger charge is 2.31. The Morgan fingerprint density at radius 1 is 1.02 bits per heavy atom. The number of benzene rings is 3. The van der Waals surface area contributed by atoms with Crippen molar-refractivity contribution in [2.75, 3.05) is 37.6 Å². The van der Waals surface area contributed by atoms with Crippen molar-refractivity contribution in [3.63, 3.8) is 0 Å². The zero-order valence-corrected chi connectivity index (χ0v) is 33.1. The molecule has 0 atom stereocenters. The quantitative estimate of drug-likeness (QED) is 0.129. The van der Waals surface area contributed by atoms with Gasteiger partial charge in [0.05, 0.1) is 18.9 Å². The zero-order valence-electron chi connectivity index (χ0n) is 31.5. The number of carbonyl (C=O) groups is 1. The van der Waals surface area contributed by atoms with Gasteiger partial charge in [0, 0.05) is 72.2 Å². The molecule has 0 spiro atoms. The number of nitrogens with one attached hydrogen (secondary N) is 2. The fraction of sp³-hybridized carbons (Fsp3) is 0.349. The predicted molar refractivity (Wildman–Crippen MR) is 216 cm³/mol. The number of hydrogen-bond acceptors (Lipinski definition) is 8. The predicted octanol–water partition coefficient (Wildman–Crippen LogP) is 8.73. The van der Waals surface area contributed by atoms with Crippen LogP contribution in [0, 0.1) is 11.2 Å². The molecular weight excluding hydrogens is 753 g/mol. The molecule has 0 unspecified atom stereocenters. The number of sulfonamides is 1.